The predicted molar refractivity (Wildman–Crippen MR) is 71.5 cm³/mol. The first-order chi connectivity index (χ1) is 9.63. The number of aliphatic hydroxyl groups is 4. The van der Waals surface area contributed by atoms with Crippen LogP contribution in [0.25, 0.3) is 11.4 Å². The van der Waals surface area contributed by atoms with Gasteiger partial charge < -0.3 is 20.4 Å². The normalized spacial score (nSPS) is 15.6. The van der Waals surface area contributed by atoms with Crippen molar-refractivity contribution in [3.63, 3.8) is 0 Å². The molecule has 2 rings (SSSR count). The highest BCUT2D eigenvalue weighted by Crippen LogP contribution is 2.20. The van der Waals surface area contributed by atoms with Crippen molar-refractivity contribution in [1.82, 2.24) is 9.97 Å². The van der Waals surface area contributed by atoms with Gasteiger partial charge >= 0.3 is 0 Å². The number of aliphatic hydroxyl groups excluding tert-OH is 4. The Kier molecular flexibility index (Phi) is 4.75. The van der Waals surface area contributed by atoms with E-state index in [4.69, 9.17) is 5.11 Å². The Labute approximate surface area is 116 Å². The lowest BCUT2D eigenvalue weighted by Gasteiger charge is -2.21. The smallest absolute Gasteiger partial charge is 0.159 e. The molecule has 0 radical (unpaired) electrons. The molecule has 0 spiro atoms. The fourth-order valence-corrected chi connectivity index (χ4v) is 1.76. The van der Waals surface area contributed by atoms with Crippen molar-refractivity contribution < 1.29 is 20.4 Å². The molecule has 0 amide bonds. The summed E-state index contributed by atoms with van der Waals surface area (Å²) < 4.78 is 0. The average Bonchev–Trinajstić information content (AvgIpc) is 2.53. The molecule has 106 valence electrons. The molecule has 4 N–H and O–H groups in total. The van der Waals surface area contributed by atoms with E-state index in [0.29, 0.717) is 5.82 Å². The van der Waals surface area contributed by atoms with E-state index < -0.39 is 24.9 Å². The number of hydrogen-bond acceptors (Lipinski definition) is 6. The van der Waals surface area contributed by atoms with Crippen LogP contribution in [0.2, 0.25) is 0 Å². The fraction of sp³-hybridized carbons (Fsp3) is 0.286. The summed E-state index contributed by atoms with van der Waals surface area (Å²) in [5, 5.41) is 37.8. The molecule has 2 aromatic rings. The predicted octanol–water partition coefficient (Wildman–Crippen LogP) is -0.109. The van der Waals surface area contributed by atoms with E-state index in [0.717, 1.165) is 5.56 Å². The molecule has 1 aromatic heterocycles. The molecule has 1 aromatic carbocycles. The van der Waals surface area contributed by atoms with Crippen LogP contribution in [0.5, 0.6) is 0 Å². The maximum Gasteiger partial charge on any atom is 0.159 e. The van der Waals surface area contributed by atoms with Crippen molar-refractivity contribution in [2.24, 2.45) is 0 Å². The van der Waals surface area contributed by atoms with Crippen LogP contribution in [0.3, 0.4) is 0 Å². The highest BCUT2D eigenvalue weighted by molar-refractivity contribution is 5.54. The highest BCUT2D eigenvalue weighted by atomic mass is 16.4. The monoisotopic (exact) mass is 276 g/mol. The first kappa shape index (κ1) is 14.5. The van der Waals surface area contributed by atoms with Crippen molar-refractivity contribution in [3.05, 3.63) is 48.3 Å². The van der Waals surface area contributed by atoms with E-state index in [9.17, 15) is 15.3 Å². The third-order valence-corrected chi connectivity index (χ3v) is 2.92. The number of hydrogen-bond donors (Lipinski definition) is 4. The standard InChI is InChI=1S/C14H16N2O4/c17-8-11(18)13(20)12(19)10-6-7-15-14(16-10)9-4-2-1-3-5-9/h1-7,11-13,17-20H,8H2/t11-,12+,13-/m1/s1. The molecule has 3 atom stereocenters. The molecule has 0 bridgehead atoms. The maximum absolute atomic E-state index is 9.95. The van der Waals surface area contributed by atoms with Gasteiger partial charge in [0.05, 0.1) is 12.3 Å². The van der Waals surface area contributed by atoms with Gasteiger partial charge in [0.1, 0.15) is 18.3 Å². The minimum atomic E-state index is -1.52. The van der Waals surface area contributed by atoms with Gasteiger partial charge in [-0.15, -0.1) is 0 Å². The van der Waals surface area contributed by atoms with E-state index in [2.05, 4.69) is 9.97 Å². The molecule has 0 aliphatic heterocycles. The zero-order valence-electron chi connectivity index (χ0n) is 10.7. The Hall–Kier alpha value is -1.86. The second kappa shape index (κ2) is 6.53. The number of aromatic nitrogens is 2. The largest absolute Gasteiger partial charge is 0.394 e. The van der Waals surface area contributed by atoms with Gasteiger partial charge in [-0.3, -0.25) is 0 Å². The van der Waals surface area contributed by atoms with E-state index in [1.807, 2.05) is 30.3 Å². The van der Waals surface area contributed by atoms with Gasteiger partial charge in [-0.1, -0.05) is 30.3 Å². The van der Waals surface area contributed by atoms with Gasteiger partial charge in [0, 0.05) is 11.8 Å². The Bertz CT molecular complexity index is 550. The molecule has 6 heteroatoms. The first-order valence-electron chi connectivity index (χ1n) is 6.17. The molecular weight excluding hydrogens is 260 g/mol. The van der Waals surface area contributed by atoms with E-state index in [1.54, 1.807) is 0 Å². The van der Waals surface area contributed by atoms with E-state index in [1.165, 1.54) is 12.3 Å². The SMILES string of the molecule is OC[C@@H](O)[C@@H](O)[C@@H](O)c1ccnc(-c2ccccc2)n1. The lowest BCUT2D eigenvalue weighted by molar-refractivity contribution is -0.0789. The molecule has 0 unspecified atom stereocenters. The summed E-state index contributed by atoms with van der Waals surface area (Å²) in [4.78, 5) is 8.27. The van der Waals surface area contributed by atoms with Crippen LogP contribution in [0.1, 0.15) is 11.8 Å². The van der Waals surface area contributed by atoms with Crippen LogP contribution < -0.4 is 0 Å². The molecule has 0 aliphatic carbocycles. The summed E-state index contributed by atoms with van der Waals surface area (Å²) in [5.74, 6) is 0.410. The molecule has 6 nitrogen and oxygen atoms in total. The van der Waals surface area contributed by atoms with Gasteiger partial charge in [0.15, 0.2) is 5.82 Å². The molecular formula is C14H16N2O4. The van der Waals surface area contributed by atoms with Crippen LogP contribution in [-0.4, -0.2) is 49.2 Å². The summed E-state index contributed by atoms with van der Waals surface area (Å²) in [7, 11) is 0. The number of benzene rings is 1. The van der Waals surface area contributed by atoms with Crippen LogP contribution in [0.4, 0.5) is 0 Å². The van der Waals surface area contributed by atoms with Crippen LogP contribution in [0, 0.1) is 0 Å². The number of rotatable bonds is 5. The second-order valence-electron chi connectivity index (χ2n) is 4.36. The number of nitrogens with zero attached hydrogens (tertiary/aromatic N) is 2. The summed E-state index contributed by atoms with van der Waals surface area (Å²) >= 11 is 0. The van der Waals surface area contributed by atoms with Crippen LogP contribution >= 0.6 is 0 Å². The minimum Gasteiger partial charge on any atom is -0.394 e. The summed E-state index contributed by atoms with van der Waals surface area (Å²) in [6, 6.07) is 10.6. The second-order valence-corrected chi connectivity index (χ2v) is 4.36. The fourth-order valence-electron chi connectivity index (χ4n) is 1.76. The van der Waals surface area contributed by atoms with E-state index >= 15 is 0 Å². The van der Waals surface area contributed by atoms with Gasteiger partial charge in [-0.2, -0.15) is 0 Å². The Balaban J connectivity index is 2.26. The van der Waals surface area contributed by atoms with Crippen LogP contribution in [0.15, 0.2) is 42.6 Å². The zero-order chi connectivity index (χ0) is 14.5. The molecule has 1 heterocycles. The van der Waals surface area contributed by atoms with Crippen molar-refractivity contribution in [3.8, 4) is 11.4 Å². The van der Waals surface area contributed by atoms with Gasteiger partial charge in [0.25, 0.3) is 0 Å². The summed E-state index contributed by atoms with van der Waals surface area (Å²) in [6.07, 6.45) is -2.88. The topological polar surface area (TPSA) is 107 Å². The Morgan fingerprint density at radius 2 is 1.70 bits per heavy atom. The molecule has 0 aliphatic rings. The summed E-state index contributed by atoms with van der Waals surface area (Å²) in [6.45, 7) is -0.644. The van der Waals surface area contributed by atoms with E-state index in [-0.39, 0.29) is 5.69 Å². The van der Waals surface area contributed by atoms with Crippen molar-refractivity contribution in [1.29, 1.82) is 0 Å². The van der Waals surface area contributed by atoms with Crippen molar-refractivity contribution in [2.45, 2.75) is 18.3 Å². The maximum atomic E-state index is 9.95. The average molecular weight is 276 g/mol. The van der Waals surface area contributed by atoms with Gasteiger partial charge in [0.2, 0.25) is 0 Å². The van der Waals surface area contributed by atoms with Crippen molar-refractivity contribution >= 4 is 0 Å². The lowest BCUT2D eigenvalue weighted by Crippen LogP contribution is -2.35. The van der Waals surface area contributed by atoms with Gasteiger partial charge in [-0.25, -0.2) is 9.97 Å². The quantitative estimate of drug-likeness (QED) is 0.607. The molecule has 0 fully saturated rings. The molecule has 0 saturated carbocycles. The lowest BCUT2D eigenvalue weighted by atomic mass is 10.1. The molecule has 20 heavy (non-hydrogen) atoms. The van der Waals surface area contributed by atoms with Gasteiger partial charge in [-0.05, 0) is 6.07 Å². The van der Waals surface area contributed by atoms with Crippen LogP contribution in [-0.2, 0) is 0 Å². The minimum absolute atomic E-state index is 0.179. The Morgan fingerprint density at radius 1 is 1.00 bits per heavy atom. The van der Waals surface area contributed by atoms with Crippen molar-refractivity contribution in [2.75, 3.05) is 6.61 Å². The first-order valence-corrected chi connectivity index (χ1v) is 6.17. The highest BCUT2D eigenvalue weighted by Gasteiger charge is 2.26. The summed E-state index contributed by atoms with van der Waals surface area (Å²) in [5.41, 5.74) is 0.956. The molecule has 0 saturated heterocycles. The third-order valence-electron chi connectivity index (χ3n) is 2.92. The Morgan fingerprint density at radius 3 is 2.35 bits per heavy atom. The third kappa shape index (κ3) is 3.17. The zero-order valence-corrected chi connectivity index (χ0v) is 10.7.